The molecule has 0 bridgehead atoms. The van der Waals surface area contributed by atoms with E-state index in [2.05, 4.69) is 10.6 Å². The van der Waals surface area contributed by atoms with E-state index in [1.165, 1.54) is 0 Å². The summed E-state index contributed by atoms with van der Waals surface area (Å²) in [4.78, 5) is 24.6. The predicted octanol–water partition coefficient (Wildman–Crippen LogP) is 5.81. The Balaban J connectivity index is 1.66. The van der Waals surface area contributed by atoms with Crippen LogP contribution in [0.15, 0.2) is 66.7 Å². The van der Waals surface area contributed by atoms with Gasteiger partial charge in [-0.3, -0.25) is 9.59 Å². The topological polar surface area (TPSA) is 58.2 Å². The smallest absolute Gasteiger partial charge is 0.255 e. The van der Waals surface area contributed by atoms with Crippen LogP contribution in [0.25, 0.3) is 0 Å². The van der Waals surface area contributed by atoms with Crippen LogP contribution in [0.5, 0.6) is 0 Å². The van der Waals surface area contributed by atoms with E-state index in [4.69, 9.17) is 23.2 Å². The molecule has 0 aliphatic rings. The van der Waals surface area contributed by atoms with Crippen molar-refractivity contribution in [2.45, 2.75) is 6.92 Å². The number of benzene rings is 3. The molecule has 4 nitrogen and oxygen atoms in total. The van der Waals surface area contributed by atoms with Crippen molar-refractivity contribution in [1.82, 2.24) is 0 Å². The van der Waals surface area contributed by atoms with Crippen LogP contribution in [-0.4, -0.2) is 11.8 Å². The molecule has 0 fully saturated rings. The number of halogens is 2. The number of carbonyl (C=O) groups is 2. The zero-order chi connectivity index (χ0) is 19.4. The van der Waals surface area contributed by atoms with E-state index in [9.17, 15) is 9.59 Å². The normalized spacial score (nSPS) is 10.3. The Kier molecular flexibility index (Phi) is 5.79. The fourth-order valence-corrected chi connectivity index (χ4v) is 3.04. The van der Waals surface area contributed by atoms with Gasteiger partial charge in [0.05, 0.1) is 0 Å². The zero-order valence-electron chi connectivity index (χ0n) is 14.4. The van der Waals surface area contributed by atoms with Crippen molar-refractivity contribution in [3.05, 3.63) is 93.5 Å². The second-order valence-electron chi connectivity index (χ2n) is 6.01. The van der Waals surface area contributed by atoms with Crippen molar-refractivity contribution < 1.29 is 9.59 Å². The van der Waals surface area contributed by atoms with E-state index in [0.29, 0.717) is 32.5 Å². The van der Waals surface area contributed by atoms with E-state index >= 15 is 0 Å². The quantitative estimate of drug-likeness (QED) is 0.582. The summed E-state index contributed by atoms with van der Waals surface area (Å²) in [7, 11) is 0. The second kappa shape index (κ2) is 8.25. The van der Waals surface area contributed by atoms with Crippen LogP contribution in [0.1, 0.15) is 26.3 Å². The van der Waals surface area contributed by atoms with Crippen molar-refractivity contribution in [1.29, 1.82) is 0 Å². The molecule has 0 saturated carbocycles. The van der Waals surface area contributed by atoms with Gasteiger partial charge in [-0.15, -0.1) is 0 Å². The van der Waals surface area contributed by atoms with Crippen molar-refractivity contribution in [3.63, 3.8) is 0 Å². The van der Waals surface area contributed by atoms with Crippen LogP contribution >= 0.6 is 23.2 Å². The van der Waals surface area contributed by atoms with Gasteiger partial charge >= 0.3 is 0 Å². The molecule has 2 N–H and O–H groups in total. The van der Waals surface area contributed by atoms with Gasteiger partial charge in [0, 0.05) is 32.5 Å². The fraction of sp³-hybridized carbons (Fsp3) is 0.0476. The number of amides is 2. The Morgan fingerprint density at radius 1 is 0.704 bits per heavy atom. The van der Waals surface area contributed by atoms with Gasteiger partial charge in [-0.2, -0.15) is 0 Å². The van der Waals surface area contributed by atoms with Gasteiger partial charge in [0.25, 0.3) is 11.8 Å². The third kappa shape index (κ3) is 5.09. The summed E-state index contributed by atoms with van der Waals surface area (Å²) in [5.41, 5.74) is 3.19. The third-order valence-corrected chi connectivity index (χ3v) is 4.24. The van der Waals surface area contributed by atoms with Crippen LogP contribution < -0.4 is 10.6 Å². The standard InChI is InChI=1S/C21H16Cl2N2O2/c1-13-3-2-4-14(9-13)20(26)24-18-5-7-19(8-6-18)25-21(27)15-10-16(22)12-17(23)11-15/h2-12H,1H3,(H,24,26)(H,25,27). The lowest BCUT2D eigenvalue weighted by molar-refractivity contribution is 0.101. The van der Waals surface area contributed by atoms with E-state index in [1.54, 1.807) is 48.5 Å². The summed E-state index contributed by atoms with van der Waals surface area (Å²) in [6.45, 7) is 1.93. The van der Waals surface area contributed by atoms with Crippen molar-refractivity contribution >= 4 is 46.4 Å². The van der Waals surface area contributed by atoms with Gasteiger partial charge in [0.2, 0.25) is 0 Å². The molecule has 0 saturated heterocycles. The lowest BCUT2D eigenvalue weighted by Gasteiger charge is -2.09. The second-order valence-corrected chi connectivity index (χ2v) is 6.89. The molecule has 0 aromatic heterocycles. The molecule has 27 heavy (non-hydrogen) atoms. The number of aryl methyl sites for hydroxylation is 1. The van der Waals surface area contributed by atoms with Crippen molar-refractivity contribution in [3.8, 4) is 0 Å². The molecule has 6 heteroatoms. The fourth-order valence-electron chi connectivity index (χ4n) is 2.51. The molecule has 3 aromatic carbocycles. The molecular weight excluding hydrogens is 383 g/mol. The minimum absolute atomic E-state index is 0.191. The summed E-state index contributed by atoms with van der Waals surface area (Å²) in [5, 5.41) is 6.37. The molecular formula is C21H16Cl2N2O2. The summed E-state index contributed by atoms with van der Waals surface area (Å²) in [6.07, 6.45) is 0. The van der Waals surface area contributed by atoms with Crippen LogP contribution in [0.2, 0.25) is 10.0 Å². The number of hydrogen-bond donors (Lipinski definition) is 2. The Morgan fingerprint density at radius 2 is 1.22 bits per heavy atom. The maximum Gasteiger partial charge on any atom is 0.255 e. The largest absolute Gasteiger partial charge is 0.322 e. The molecule has 136 valence electrons. The molecule has 3 aromatic rings. The molecule has 3 rings (SSSR count). The first-order valence-electron chi connectivity index (χ1n) is 8.16. The molecule has 0 aliphatic carbocycles. The predicted molar refractivity (Wildman–Crippen MR) is 110 cm³/mol. The highest BCUT2D eigenvalue weighted by Crippen LogP contribution is 2.21. The number of hydrogen-bond acceptors (Lipinski definition) is 2. The average molecular weight is 399 g/mol. The Bertz CT molecular complexity index is 981. The van der Waals surface area contributed by atoms with E-state index in [-0.39, 0.29) is 11.8 Å². The molecule has 0 radical (unpaired) electrons. The van der Waals surface area contributed by atoms with Crippen LogP contribution in [0.3, 0.4) is 0 Å². The van der Waals surface area contributed by atoms with Gasteiger partial charge in [0.1, 0.15) is 0 Å². The number of carbonyl (C=O) groups excluding carboxylic acids is 2. The van der Waals surface area contributed by atoms with Gasteiger partial charge in [0.15, 0.2) is 0 Å². The first-order chi connectivity index (χ1) is 12.9. The van der Waals surface area contributed by atoms with E-state index in [0.717, 1.165) is 5.56 Å². The minimum Gasteiger partial charge on any atom is -0.322 e. The molecule has 0 atom stereocenters. The van der Waals surface area contributed by atoms with Crippen LogP contribution in [0, 0.1) is 6.92 Å². The lowest BCUT2D eigenvalue weighted by Crippen LogP contribution is -2.13. The number of anilines is 2. The first kappa shape index (κ1) is 19.0. The van der Waals surface area contributed by atoms with Gasteiger partial charge in [-0.1, -0.05) is 40.9 Å². The Hall–Kier alpha value is -2.82. The van der Waals surface area contributed by atoms with E-state index in [1.807, 2.05) is 25.1 Å². The third-order valence-electron chi connectivity index (χ3n) is 3.81. The summed E-state index contributed by atoms with van der Waals surface area (Å²) in [6, 6.07) is 18.8. The molecule has 0 spiro atoms. The Morgan fingerprint density at radius 3 is 1.74 bits per heavy atom. The highest BCUT2D eigenvalue weighted by atomic mass is 35.5. The van der Waals surface area contributed by atoms with Crippen LogP contribution in [-0.2, 0) is 0 Å². The summed E-state index contributed by atoms with van der Waals surface area (Å²) < 4.78 is 0. The summed E-state index contributed by atoms with van der Waals surface area (Å²) in [5.74, 6) is -0.514. The Labute approximate surface area is 167 Å². The maximum absolute atomic E-state index is 12.3. The zero-order valence-corrected chi connectivity index (χ0v) is 15.9. The monoisotopic (exact) mass is 398 g/mol. The SMILES string of the molecule is Cc1cccc(C(=O)Nc2ccc(NC(=O)c3cc(Cl)cc(Cl)c3)cc2)c1. The van der Waals surface area contributed by atoms with Crippen molar-refractivity contribution in [2.75, 3.05) is 10.6 Å². The number of rotatable bonds is 4. The van der Waals surface area contributed by atoms with Crippen LogP contribution in [0.4, 0.5) is 11.4 Å². The average Bonchev–Trinajstić information content (AvgIpc) is 2.62. The highest BCUT2D eigenvalue weighted by molar-refractivity contribution is 6.35. The maximum atomic E-state index is 12.3. The van der Waals surface area contributed by atoms with Gasteiger partial charge in [-0.25, -0.2) is 0 Å². The van der Waals surface area contributed by atoms with Crippen molar-refractivity contribution in [2.24, 2.45) is 0 Å². The molecule has 0 aliphatic heterocycles. The van der Waals surface area contributed by atoms with Gasteiger partial charge in [-0.05, 0) is 61.5 Å². The van der Waals surface area contributed by atoms with E-state index < -0.39 is 0 Å². The minimum atomic E-state index is -0.323. The molecule has 2 amide bonds. The molecule has 0 heterocycles. The first-order valence-corrected chi connectivity index (χ1v) is 8.92. The summed E-state index contributed by atoms with van der Waals surface area (Å²) >= 11 is 11.8. The highest BCUT2D eigenvalue weighted by Gasteiger charge is 2.09. The number of nitrogens with one attached hydrogen (secondary N) is 2. The lowest BCUT2D eigenvalue weighted by atomic mass is 10.1. The van der Waals surface area contributed by atoms with Gasteiger partial charge < -0.3 is 10.6 Å². The molecule has 0 unspecified atom stereocenters.